The first-order chi connectivity index (χ1) is 15.5. The lowest BCUT2D eigenvalue weighted by Crippen LogP contribution is -2.14. The molecule has 32 heavy (non-hydrogen) atoms. The van der Waals surface area contributed by atoms with E-state index in [1.54, 1.807) is 0 Å². The molecule has 0 fully saturated rings. The maximum atomic E-state index is 13.1. The summed E-state index contributed by atoms with van der Waals surface area (Å²) in [6.45, 7) is 0. The molecule has 0 saturated heterocycles. The number of aromatic nitrogens is 2. The molecule has 0 aliphatic rings. The third kappa shape index (κ3) is 6.19. The lowest BCUT2D eigenvalue weighted by molar-refractivity contribution is -0.113. The molecule has 6 nitrogen and oxygen atoms in total. The summed E-state index contributed by atoms with van der Waals surface area (Å²) < 4.78 is 19.5. The molecule has 1 aromatic heterocycles. The van der Waals surface area contributed by atoms with Gasteiger partial charge in [0, 0.05) is 5.69 Å². The average molecular weight is 487 g/mol. The summed E-state index contributed by atoms with van der Waals surface area (Å²) in [5, 5.41) is 14.8. The Balaban J connectivity index is 1.27. The van der Waals surface area contributed by atoms with Crippen LogP contribution in [0.15, 0.2) is 77.1 Å². The van der Waals surface area contributed by atoms with E-state index in [0.717, 1.165) is 23.3 Å². The predicted octanol–water partition coefficient (Wildman–Crippen LogP) is 6.60. The van der Waals surface area contributed by atoms with Crippen molar-refractivity contribution >= 4 is 57.1 Å². The first-order valence-electron chi connectivity index (χ1n) is 9.36. The van der Waals surface area contributed by atoms with Crippen LogP contribution >= 0.6 is 34.7 Å². The van der Waals surface area contributed by atoms with Crippen LogP contribution in [0.5, 0.6) is 11.5 Å². The minimum Gasteiger partial charge on any atom is -0.457 e. The number of nitrogens with one attached hydrogen (secondary N) is 2. The highest BCUT2D eigenvalue weighted by Gasteiger charge is 2.11. The van der Waals surface area contributed by atoms with Crippen LogP contribution in [0.4, 0.5) is 20.9 Å². The van der Waals surface area contributed by atoms with Gasteiger partial charge in [0.2, 0.25) is 11.0 Å². The zero-order valence-electron chi connectivity index (χ0n) is 16.4. The summed E-state index contributed by atoms with van der Waals surface area (Å²) in [6, 6.07) is 20.8. The van der Waals surface area contributed by atoms with Gasteiger partial charge in [-0.3, -0.25) is 4.79 Å². The predicted molar refractivity (Wildman–Crippen MR) is 127 cm³/mol. The Morgan fingerprint density at radius 2 is 1.78 bits per heavy atom. The molecular weight excluding hydrogens is 471 g/mol. The summed E-state index contributed by atoms with van der Waals surface area (Å²) in [5.74, 6) is 0.873. The number of hydrogen-bond acceptors (Lipinski definition) is 7. The maximum Gasteiger partial charge on any atom is 0.234 e. The van der Waals surface area contributed by atoms with E-state index in [-0.39, 0.29) is 16.7 Å². The van der Waals surface area contributed by atoms with E-state index in [4.69, 9.17) is 16.3 Å². The van der Waals surface area contributed by atoms with Gasteiger partial charge in [-0.1, -0.05) is 52.9 Å². The number of hydrogen-bond donors (Lipinski definition) is 2. The van der Waals surface area contributed by atoms with Crippen molar-refractivity contribution in [2.24, 2.45) is 0 Å². The quantitative estimate of drug-likeness (QED) is 0.273. The summed E-state index contributed by atoms with van der Waals surface area (Å²) in [6.07, 6.45) is 0. The van der Waals surface area contributed by atoms with Crippen LogP contribution in [0.3, 0.4) is 0 Å². The van der Waals surface area contributed by atoms with Crippen molar-refractivity contribution in [1.82, 2.24) is 10.2 Å². The lowest BCUT2D eigenvalue weighted by Gasteiger charge is -2.07. The fourth-order valence-corrected chi connectivity index (χ4v) is 4.36. The van der Waals surface area contributed by atoms with E-state index in [1.165, 1.54) is 35.2 Å². The van der Waals surface area contributed by atoms with Crippen LogP contribution < -0.4 is 15.4 Å². The average Bonchev–Trinajstić information content (AvgIpc) is 3.24. The SMILES string of the molecule is O=C(CSc1nnc(Nc2ccc(Oc3ccccc3)cc2)s1)Nc1ccc(F)cc1Cl. The second-order valence-electron chi connectivity index (χ2n) is 6.40. The Bertz CT molecular complexity index is 1210. The van der Waals surface area contributed by atoms with Crippen LogP contribution in [-0.4, -0.2) is 21.9 Å². The van der Waals surface area contributed by atoms with Gasteiger partial charge in [0.15, 0.2) is 4.34 Å². The van der Waals surface area contributed by atoms with E-state index in [0.29, 0.717) is 15.2 Å². The third-order valence-corrected chi connectivity index (χ3v) is 6.31. The van der Waals surface area contributed by atoms with Gasteiger partial charge in [-0.25, -0.2) is 4.39 Å². The maximum absolute atomic E-state index is 13.1. The number of para-hydroxylation sites is 1. The van der Waals surface area contributed by atoms with Crippen molar-refractivity contribution in [2.45, 2.75) is 4.34 Å². The second kappa shape index (κ2) is 10.4. The molecule has 10 heteroatoms. The van der Waals surface area contributed by atoms with E-state index in [1.807, 2.05) is 54.6 Å². The van der Waals surface area contributed by atoms with Gasteiger partial charge in [-0.15, -0.1) is 10.2 Å². The van der Waals surface area contributed by atoms with Gasteiger partial charge in [-0.2, -0.15) is 0 Å². The molecule has 4 aromatic rings. The molecular formula is C22H16ClFN4O2S2. The Morgan fingerprint density at radius 3 is 2.53 bits per heavy atom. The summed E-state index contributed by atoms with van der Waals surface area (Å²) in [5.41, 5.74) is 1.19. The number of carbonyl (C=O) groups is 1. The molecule has 0 aliphatic carbocycles. The zero-order chi connectivity index (χ0) is 22.3. The highest BCUT2D eigenvalue weighted by atomic mass is 35.5. The van der Waals surface area contributed by atoms with Crippen LogP contribution in [0.2, 0.25) is 5.02 Å². The van der Waals surface area contributed by atoms with Gasteiger partial charge in [0.05, 0.1) is 16.5 Å². The summed E-state index contributed by atoms with van der Waals surface area (Å²) in [4.78, 5) is 12.1. The summed E-state index contributed by atoms with van der Waals surface area (Å²) >= 11 is 8.50. The second-order valence-corrected chi connectivity index (χ2v) is 9.01. The molecule has 0 radical (unpaired) electrons. The number of ether oxygens (including phenoxy) is 1. The summed E-state index contributed by atoms with van der Waals surface area (Å²) in [7, 11) is 0. The van der Waals surface area contributed by atoms with Gasteiger partial charge in [-0.05, 0) is 54.6 Å². The molecule has 0 spiro atoms. The first-order valence-corrected chi connectivity index (χ1v) is 11.5. The molecule has 4 rings (SSSR count). The van der Waals surface area contributed by atoms with E-state index in [9.17, 15) is 9.18 Å². The van der Waals surface area contributed by atoms with Gasteiger partial charge in [0.25, 0.3) is 0 Å². The van der Waals surface area contributed by atoms with Crippen LogP contribution in [0, 0.1) is 5.82 Å². The number of halogens is 2. The monoisotopic (exact) mass is 486 g/mol. The largest absolute Gasteiger partial charge is 0.457 e. The zero-order valence-corrected chi connectivity index (χ0v) is 18.8. The molecule has 2 N–H and O–H groups in total. The number of carbonyl (C=O) groups excluding carboxylic acids is 1. The minimum atomic E-state index is -0.463. The van der Waals surface area contributed by atoms with Gasteiger partial charge in [0.1, 0.15) is 17.3 Å². The topological polar surface area (TPSA) is 76.1 Å². The van der Waals surface area contributed by atoms with Gasteiger partial charge >= 0.3 is 0 Å². The fourth-order valence-electron chi connectivity index (χ4n) is 2.58. The standard InChI is InChI=1S/C22H16ClFN4O2S2/c23-18-12-14(24)6-11-19(18)26-20(29)13-31-22-28-27-21(32-22)25-15-7-9-17(10-8-15)30-16-4-2-1-3-5-16/h1-12H,13H2,(H,25,27)(H,26,29). The first kappa shape index (κ1) is 22.1. The number of rotatable bonds is 8. The minimum absolute atomic E-state index is 0.119. The molecule has 0 bridgehead atoms. The van der Waals surface area contributed by atoms with Crippen LogP contribution in [0.1, 0.15) is 0 Å². The van der Waals surface area contributed by atoms with Gasteiger partial charge < -0.3 is 15.4 Å². The third-order valence-electron chi connectivity index (χ3n) is 4.02. The highest BCUT2D eigenvalue weighted by molar-refractivity contribution is 8.01. The molecule has 1 amide bonds. The number of nitrogens with zero attached hydrogens (tertiary/aromatic N) is 2. The molecule has 0 saturated carbocycles. The molecule has 0 unspecified atom stereocenters. The molecule has 0 atom stereocenters. The van der Waals surface area contributed by atoms with E-state index in [2.05, 4.69) is 20.8 Å². The Kier molecular flexibility index (Phi) is 7.21. The number of thioether (sulfide) groups is 1. The fraction of sp³-hybridized carbons (Fsp3) is 0.0455. The Hall–Kier alpha value is -3.14. The Labute approximate surface area is 196 Å². The Morgan fingerprint density at radius 1 is 1.03 bits per heavy atom. The van der Waals surface area contributed by atoms with Crippen molar-refractivity contribution < 1.29 is 13.9 Å². The van der Waals surface area contributed by atoms with Crippen molar-refractivity contribution in [3.05, 3.63) is 83.6 Å². The van der Waals surface area contributed by atoms with Crippen molar-refractivity contribution in [3.8, 4) is 11.5 Å². The van der Waals surface area contributed by atoms with Crippen LogP contribution in [-0.2, 0) is 4.79 Å². The molecule has 1 heterocycles. The number of benzene rings is 3. The molecule has 3 aromatic carbocycles. The van der Waals surface area contributed by atoms with Crippen LogP contribution in [0.25, 0.3) is 0 Å². The lowest BCUT2D eigenvalue weighted by atomic mass is 10.3. The van der Waals surface area contributed by atoms with Crippen molar-refractivity contribution in [2.75, 3.05) is 16.4 Å². The normalized spacial score (nSPS) is 10.6. The van der Waals surface area contributed by atoms with Crippen molar-refractivity contribution in [3.63, 3.8) is 0 Å². The number of amides is 1. The van der Waals surface area contributed by atoms with E-state index < -0.39 is 5.82 Å². The highest BCUT2D eigenvalue weighted by Crippen LogP contribution is 2.29. The molecule has 162 valence electrons. The number of anilines is 3. The van der Waals surface area contributed by atoms with Crippen molar-refractivity contribution in [1.29, 1.82) is 0 Å². The smallest absolute Gasteiger partial charge is 0.234 e. The molecule has 0 aliphatic heterocycles. The van der Waals surface area contributed by atoms with E-state index >= 15 is 0 Å².